The highest BCUT2D eigenvalue weighted by atomic mass is 32.1. The summed E-state index contributed by atoms with van der Waals surface area (Å²) in [4.78, 5) is 0. The van der Waals surface area contributed by atoms with E-state index in [-0.39, 0.29) is 27.7 Å². The molecule has 0 aliphatic heterocycles. The van der Waals surface area contributed by atoms with Crippen molar-refractivity contribution in [2.45, 2.75) is 19.3 Å². The van der Waals surface area contributed by atoms with Crippen molar-refractivity contribution in [3.63, 3.8) is 0 Å². The molecule has 0 bridgehead atoms. The van der Waals surface area contributed by atoms with E-state index in [0.717, 1.165) is 4.57 Å². The maximum absolute atomic E-state index is 12.9. The molecule has 23 heavy (non-hydrogen) atoms. The maximum atomic E-state index is 12.9. The van der Waals surface area contributed by atoms with E-state index in [1.165, 1.54) is 19.2 Å². The third-order valence-corrected chi connectivity index (χ3v) is 3.49. The quantitative estimate of drug-likeness (QED) is 0.559. The first-order valence-electron chi connectivity index (χ1n) is 6.12. The van der Waals surface area contributed by atoms with Crippen molar-refractivity contribution in [2.75, 3.05) is 0 Å². The normalized spacial score (nSPS) is 12.5. The minimum Gasteiger partial charge on any atom is -0.505 e. The van der Waals surface area contributed by atoms with Gasteiger partial charge in [-0.05, 0) is 31.2 Å². The molecule has 1 aromatic carbocycles. The fraction of sp³-hybridized carbons (Fsp3) is 0.214. The number of nitrogens with zero attached hydrogens (tertiary/aromatic N) is 1. The van der Waals surface area contributed by atoms with Gasteiger partial charge in [-0.15, -0.1) is 0 Å². The zero-order chi connectivity index (χ0) is 17.6. The molecule has 0 aliphatic carbocycles. The monoisotopic (exact) mass is 353 g/mol. The largest absolute Gasteiger partial charge is 0.505 e. The lowest BCUT2D eigenvalue weighted by molar-refractivity contribution is -0.143. The standard InChI is InChI=1S/C14H9F6NOS/c1-7-12(22)11(23)2-3-21(7)10-5-8(13(15,16)17)4-9(6-10)14(18,19)20/h2-6,22H,1H3. The molecule has 2 nitrogen and oxygen atoms in total. The lowest BCUT2D eigenvalue weighted by Gasteiger charge is -2.17. The highest BCUT2D eigenvalue weighted by Crippen LogP contribution is 2.37. The summed E-state index contributed by atoms with van der Waals surface area (Å²) in [6, 6.07) is 2.40. The third-order valence-electron chi connectivity index (χ3n) is 3.16. The molecule has 2 aromatic rings. The Balaban J connectivity index is 2.77. The fourth-order valence-corrected chi connectivity index (χ4v) is 2.19. The molecule has 9 heteroatoms. The number of aromatic hydroxyl groups is 1. The average molecular weight is 353 g/mol. The second kappa shape index (κ2) is 5.55. The molecule has 0 aliphatic rings. The lowest BCUT2D eigenvalue weighted by atomic mass is 10.1. The molecule has 0 radical (unpaired) electrons. The van der Waals surface area contributed by atoms with Gasteiger partial charge in [-0.2, -0.15) is 26.3 Å². The summed E-state index contributed by atoms with van der Waals surface area (Å²) in [5, 5.41) is 9.74. The SMILES string of the molecule is Cc1c(O)c(=S)ccn1-c1cc(C(F)(F)F)cc(C(F)(F)F)c1. The van der Waals surface area contributed by atoms with E-state index in [0.29, 0.717) is 12.1 Å². The number of hydrogen-bond acceptors (Lipinski definition) is 2. The van der Waals surface area contributed by atoms with Gasteiger partial charge in [0.1, 0.15) is 0 Å². The molecule has 1 N–H and O–H groups in total. The molecule has 0 saturated carbocycles. The molecular weight excluding hydrogens is 344 g/mol. The van der Waals surface area contributed by atoms with Gasteiger partial charge in [-0.3, -0.25) is 0 Å². The van der Waals surface area contributed by atoms with Gasteiger partial charge in [0.15, 0.2) is 5.75 Å². The van der Waals surface area contributed by atoms with Crippen molar-refractivity contribution in [3.8, 4) is 11.4 Å². The van der Waals surface area contributed by atoms with E-state index in [2.05, 4.69) is 0 Å². The van der Waals surface area contributed by atoms with Crippen LogP contribution in [0.15, 0.2) is 30.5 Å². The van der Waals surface area contributed by atoms with Crippen LogP contribution in [0.3, 0.4) is 0 Å². The Bertz CT molecular complexity index is 774. The predicted octanol–water partition coefficient (Wildman–Crippen LogP) is 5.26. The summed E-state index contributed by atoms with van der Waals surface area (Å²) in [5.41, 5.74) is -3.22. The minimum atomic E-state index is -4.94. The zero-order valence-corrected chi connectivity index (χ0v) is 12.3. The Labute approximate surface area is 131 Å². The van der Waals surface area contributed by atoms with Crippen LogP contribution in [-0.4, -0.2) is 9.67 Å². The highest BCUT2D eigenvalue weighted by molar-refractivity contribution is 7.71. The number of halogens is 6. The van der Waals surface area contributed by atoms with Crippen LogP contribution in [0, 0.1) is 11.4 Å². The molecule has 0 amide bonds. The average Bonchev–Trinajstić information content (AvgIpc) is 2.42. The summed E-state index contributed by atoms with van der Waals surface area (Å²) in [6.07, 6.45) is -8.68. The molecule has 0 atom stereocenters. The van der Waals surface area contributed by atoms with Crippen LogP contribution in [0.25, 0.3) is 5.69 Å². The minimum absolute atomic E-state index is 0.0324. The Morgan fingerprint density at radius 1 is 0.957 bits per heavy atom. The molecule has 1 heterocycles. The topological polar surface area (TPSA) is 25.2 Å². The van der Waals surface area contributed by atoms with Crippen LogP contribution >= 0.6 is 12.2 Å². The van der Waals surface area contributed by atoms with Gasteiger partial charge >= 0.3 is 12.4 Å². The first kappa shape index (κ1) is 17.3. The molecule has 0 fully saturated rings. The van der Waals surface area contributed by atoms with Crippen molar-refractivity contribution in [3.05, 3.63) is 51.8 Å². The van der Waals surface area contributed by atoms with E-state index in [1.54, 1.807) is 0 Å². The fourth-order valence-electron chi connectivity index (χ4n) is 1.98. The van der Waals surface area contributed by atoms with Crippen molar-refractivity contribution < 1.29 is 31.4 Å². The Hall–Kier alpha value is -2.03. The number of alkyl halides is 6. The molecule has 2 rings (SSSR count). The van der Waals surface area contributed by atoms with Crippen LogP contribution < -0.4 is 0 Å². The number of rotatable bonds is 1. The van der Waals surface area contributed by atoms with E-state index >= 15 is 0 Å². The number of aromatic nitrogens is 1. The molecule has 1 aromatic heterocycles. The van der Waals surface area contributed by atoms with Crippen LogP contribution in [-0.2, 0) is 12.4 Å². The molecule has 0 saturated heterocycles. The molecular formula is C14H9F6NOS. The van der Waals surface area contributed by atoms with Gasteiger partial charge in [0.05, 0.1) is 21.3 Å². The van der Waals surface area contributed by atoms with Crippen molar-refractivity contribution in [1.29, 1.82) is 0 Å². The van der Waals surface area contributed by atoms with Gasteiger partial charge in [-0.25, -0.2) is 0 Å². The Kier molecular flexibility index (Phi) is 4.18. The lowest BCUT2D eigenvalue weighted by Crippen LogP contribution is -2.13. The van der Waals surface area contributed by atoms with Gasteiger partial charge in [0.25, 0.3) is 0 Å². The maximum Gasteiger partial charge on any atom is 0.416 e. The zero-order valence-electron chi connectivity index (χ0n) is 11.5. The van der Waals surface area contributed by atoms with Crippen molar-refractivity contribution in [1.82, 2.24) is 4.57 Å². The summed E-state index contributed by atoms with van der Waals surface area (Å²) >= 11 is 4.80. The summed E-state index contributed by atoms with van der Waals surface area (Å²) < 4.78 is 78.2. The summed E-state index contributed by atoms with van der Waals surface area (Å²) in [7, 11) is 0. The number of pyridine rings is 1. The van der Waals surface area contributed by atoms with E-state index in [4.69, 9.17) is 12.2 Å². The first-order chi connectivity index (χ1) is 10.4. The third kappa shape index (κ3) is 3.49. The second-order valence-electron chi connectivity index (χ2n) is 4.75. The number of hydrogen-bond donors (Lipinski definition) is 1. The molecule has 124 valence electrons. The smallest absolute Gasteiger partial charge is 0.416 e. The van der Waals surface area contributed by atoms with Gasteiger partial charge < -0.3 is 9.67 Å². The van der Waals surface area contributed by atoms with Crippen LogP contribution in [0.5, 0.6) is 5.75 Å². The second-order valence-corrected chi connectivity index (χ2v) is 5.19. The summed E-state index contributed by atoms with van der Waals surface area (Å²) in [5.74, 6) is -0.381. The molecule has 0 spiro atoms. The number of benzene rings is 1. The van der Waals surface area contributed by atoms with E-state index < -0.39 is 23.5 Å². The van der Waals surface area contributed by atoms with Gasteiger partial charge in [0, 0.05) is 11.9 Å². The van der Waals surface area contributed by atoms with Crippen LogP contribution in [0.2, 0.25) is 0 Å². The summed E-state index contributed by atoms with van der Waals surface area (Å²) in [6.45, 7) is 1.33. The van der Waals surface area contributed by atoms with E-state index in [9.17, 15) is 31.4 Å². The Morgan fingerprint density at radius 3 is 1.87 bits per heavy atom. The van der Waals surface area contributed by atoms with Gasteiger partial charge in [-0.1, -0.05) is 12.2 Å². The van der Waals surface area contributed by atoms with Crippen molar-refractivity contribution in [2.24, 2.45) is 0 Å². The Morgan fingerprint density at radius 2 is 1.43 bits per heavy atom. The molecule has 0 unspecified atom stereocenters. The van der Waals surface area contributed by atoms with Crippen molar-refractivity contribution >= 4 is 12.2 Å². The van der Waals surface area contributed by atoms with Crippen LogP contribution in [0.1, 0.15) is 16.8 Å². The first-order valence-corrected chi connectivity index (χ1v) is 6.53. The van der Waals surface area contributed by atoms with E-state index in [1.807, 2.05) is 0 Å². The highest BCUT2D eigenvalue weighted by Gasteiger charge is 2.37. The van der Waals surface area contributed by atoms with Crippen LogP contribution in [0.4, 0.5) is 26.3 Å². The predicted molar refractivity (Wildman–Crippen MR) is 73.0 cm³/mol. The van der Waals surface area contributed by atoms with Gasteiger partial charge in [0.2, 0.25) is 0 Å².